The van der Waals surface area contributed by atoms with Gasteiger partial charge in [0, 0.05) is 0 Å². The molecule has 0 saturated heterocycles. The van der Waals surface area contributed by atoms with Crippen molar-refractivity contribution in [3.63, 3.8) is 0 Å². The Hall–Kier alpha value is -3.42. The highest BCUT2D eigenvalue weighted by molar-refractivity contribution is 6.02. The molecule has 1 aromatic heterocycles. The molecule has 3 rings (SSSR count). The zero-order valence-electron chi connectivity index (χ0n) is 12.6. The van der Waals surface area contributed by atoms with E-state index >= 15 is 0 Å². The number of nitrogens with zero attached hydrogens (tertiary/aromatic N) is 2. The highest BCUT2D eigenvalue weighted by atomic mass is 19.1. The average molecular weight is 344 g/mol. The van der Waals surface area contributed by atoms with Crippen LogP contribution in [0.25, 0.3) is 0 Å². The van der Waals surface area contributed by atoms with E-state index in [1.54, 1.807) is 6.07 Å². The molecule has 0 fully saturated rings. The van der Waals surface area contributed by atoms with Crippen molar-refractivity contribution in [1.29, 1.82) is 0 Å². The molecule has 25 heavy (non-hydrogen) atoms. The lowest BCUT2D eigenvalue weighted by Gasteiger charge is -2.08. The van der Waals surface area contributed by atoms with Crippen LogP contribution in [0, 0.1) is 17.5 Å². The van der Waals surface area contributed by atoms with E-state index in [9.17, 15) is 18.0 Å². The van der Waals surface area contributed by atoms with Crippen LogP contribution in [-0.4, -0.2) is 16.1 Å². The molecule has 0 spiro atoms. The quantitative estimate of drug-likeness (QED) is 0.753. The van der Waals surface area contributed by atoms with Gasteiger partial charge in [0.05, 0.1) is 5.69 Å². The minimum Gasteiger partial charge on any atom is -0.334 e. The summed E-state index contributed by atoms with van der Waals surface area (Å²) in [6.07, 6.45) is 0. The van der Waals surface area contributed by atoms with Crippen molar-refractivity contribution in [2.24, 2.45) is 0 Å². The second-order valence-electron chi connectivity index (χ2n) is 4.96. The van der Waals surface area contributed by atoms with Crippen molar-refractivity contribution in [2.75, 3.05) is 10.6 Å². The summed E-state index contributed by atoms with van der Waals surface area (Å²) in [4.78, 5) is 12.0. The maximum absolute atomic E-state index is 13.6. The standard InChI is InChI=1S/C17H11F3N4O/c18-10-4-1-2-7-13(10)21-17(25)14-8-9-15(24-23-14)22-16-11(19)5-3-6-12(16)20/h1-9H,(H,21,25)(H,22,24). The number of hydrogen-bond acceptors (Lipinski definition) is 4. The maximum Gasteiger partial charge on any atom is 0.276 e. The summed E-state index contributed by atoms with van der Waals surface area (Å²) in [5, 5.41) is 12.2. The van der Waals surface area contributed by atoms with Gasteiger partial charge in [-0.05, 0) is 36.4 Å². The zero-order chi connectivity index (χ0) is 17.8. The first-order valence-corrected chi connectivity index (χ1v) is 7.15. The summed E-state index contributed by atoms with van der Waals surface area (Å²) >= 11 is 0. The number of carbonyl (C=O) groups is 1. The van der Waals surface area contributed by atoms with Crippen LogP contribution in [0.15, 0.2) is 54.6 Å². The van der Waals surface area contributed by atoms with Gasteiger partial charge in [-0.2, -0.15) is 0 Å². The molecule has 0 radical (unpaired) electrons. The van der Waals surface area contributed by atoms with Crippen LogP contribution in [-0.2, 0) is 0 Å². The van der Waals surface area contributed by atoms with E-state index in [0.717, 1.165) is 12.1 Å². The lowest BCUT2D eigenvalue weighted by atomic mass is 10.2. The van der Waals surface area contributed by atoms with Gasteiger partial charge >= 0.3 is 0 Å². The summed E-state index contributed by atoms with van der Waals surface area (Å²) < 4.78 is 40.7. The zero-order valence-corrected chi connectivity index (χ0v) is 12.6. The number of hydrogen-bond donors (Lipinski definition) is 2. The summed E-state index contributed by atoms with van der Waals surface area (Å²) in [6.45, 7) is 0. The van der Waals surface area contributed by atoms with Gasteiger partial charge in [-0.1, -0.05) is 18.2 Å². The molecule has 2 aromatic carbocycles. The van der Waals surface area contributed by atoms with Crippen LogP contribution in [0.5, 0.6) is 0 Å². The third kappa shape index (κ3) is 3.74. The van der Waals surface area contributed by atoms with Crippen molar-refractivity contribution >= 4 is 23.1 Å². The minimum absolute atomic E-state index is 0.00456. The van der Waals surface area contributed by atoms with Crippen molar-refractivity contribution in [3.05, 3.63) is 77.7 Å². The molecule has 5 nitrogen and oxygen atoms in total. The molecular weight excluding hydrogens is 333 g/mol. The molecule has 0 aliphatic rings. The number of rotatable bonds is 4. The Balaban J connectivity index is 1.74. The number of anilines is 3. The Bertz CT molecular complexity index is 896. The van der Waals surface area contributed by atoms with E-state index < -0.39 is 23.4 Å². The molecule has 126 valence electrons. The number of aromatic nitrogens is 2. The molecule has 1 amide bonds. The van der Waals surface area contributed by atoms with E-state index in [-0.39, 0.29) is 22.9 Å². The number of halogens is 3. The first kappa shape index (κ1) is 16.4. The topological polar surface area (TPSA) is 66.9 Å². The van der Waals surface area contributed by atoms with E-state index in [1.807, 2.05) is 0 Å². The third-order valence-electron chi connectivity index (χ3n) is 3.24. The van der Waals surface area contributed by atoms with Crippen molar-refractivity contribution in [2.45, 2.75) is 0 Å². The molecule has 0 aliphatic carbocycles. The number of benzene rings is 2. The SMILES string of the molecule is O=C(Nc1ccccc1F)c1ccc(Nc2c(F)cccc2F)nn1. The Kier molecular flexibility index (Phi) is 4.60. The molecule has 2 N–H and O–H groups in total. The fourth-order valence-electron chi connectivity index (χ4n) is 2.01. The smallest absolute Gasteiger partial charge is 0.276 e. The molecule has 1 heterocycles. The van der Waals surface area contributed by atoms with Gasteiger partial charge in [0.25, 0.3) is 5.91 Å². The van der Waals surface area contributed by atoms with Crippen LogP contribution < -0.4 is 10.6 Å². The van der Waals surface area contributed by atoms with Crippen LogP contribution in [0.3, 0.4) is 0 Å². The Morgan fingerprint density at radius 2 is 1.48 bits per heavy atom. The first-order chi connectivity index (χ1) is 12.0. The lowest BCUT2D eigenvalue weighted by molar-refractivity contribution is 0.102. The van der Waals surface area contributed by atoms with Crippen molar-refractivity contribution in [1.82, 2.24) is 10.2 Å². The Morgan fingerprint density at radius 1 is 0.800 bits per heavy atom. The number of para-hydroxylation sites is 2. The van der Waals surface area contributed by atoms with Gasteiger partial charge in [-0.25, -0.2) is 13.2 Å². The second-order valence-corrected chi connectivity index (χ2v) is 4.96. The fraction of sp³-hybridized carbons (Fsp3) is 0. The van der Waals surface area contributed by atoms with Gasteiger partial charge in [0.15, 0.2) is 11.5 Å². The van der Waals surface area contributed by atoms with Crippen LogP contribution >= 0.6 is 0 Å². The van der Waals surface area contributed by atoms with Gasteiger partial charge < -0.3 is 10.6 Å². The Labute approximate surface area is 140 Å². The maximum atomic E-state index is 13.6. The highest BCUT2D eigenvalue weighted by Gasteiger charge is 2.13. The van der Waals surface area contributed by atoms with E-state index in [4.69, 9.17) is 0 Å². The van der Waals surface area contributed by atoms with Crippen molar-refractivity contribution in [3.8, 4) is 0 Å². The van der Waals surface area contributed by atoms with Gasteiger partial charge in [-0.15, -0.1) is 10.2 Å². The summed E-state index contributed by atoms with van der Waals surface area (Å²) in [7, 11) is 0. The van der Waals surface area contributed by atoms with Crippen LogP contribution in [0.4, 0.5) is 30.4 Å². The van der Waals surface area contributed by atoms with E-state index in [1.165, 1.54) is 36.4 Å². The third-order valence-corrected chi connectivity index (χ3v) is 3.24. The fourth-order valence-corrected chi connectivity index (χ4v) is 2.01. The van der Waals surface area contributed by atoms with Crippen LogP contribution in [0.2, 0.25) is 0 Å². The molecule has 0 atom stereocenters. The largest absolute Gasteiger partial charge is 0.334 e. The molecule has 0 bridgehead atoms. The number of carbonyl (C=O) groups excluding carboxylic acids is 1. The number of nitrogens with one attached hydrogen (secondary N) is 2. The molecular formula is C17H11F3N4O. The monoisotopic (exact) mass is 344 g/mol. The predicted molar refractivity (Wildman–Crippen MR) is 86.0 cm³/mol. The molecule has 0 aliphatic heterocycles. The van der Waals surface area contributed by atoms with Crippen molar-refractivity contribution < 1.29 is 18.0 Å². The predicted octanol–water partition coefficient (Wildman–Crippen LogP) is 3.89. The average Bonchev–Trinajstić information content (AvgIpc) is 2.61. The van der Waals surface area contributed by atoms with E-state index in [2.05, 4.69) is 20.8 Å². The lowest BCUT2D eigenvalue weighted by Crippen LogP contribution is -2.15. The van der Waals surface area contributed by atoms with Crippen LogP contribution in [0.1, 0.15) is 10.5 Å². The minimum atomic E-state index is -0.789. The van der Waals surface area contributed by atoms with Gasteiger partial charge in [-0.3, -0.25) is 4.79 Å². The summed E-state index contributed by atoms with van der Waals surface area (Å²) in [5.74, 6) is -2.78. The second kappa shape index (κ2) is 7.00. The normalized spacial score (nSPS) is 10.4. The number of amides is 1. The van der Waals surface area contributed by atoms with E-state index in [0.29, 0.717) is 0 Å². The summed E-state index contributed by atoms with van der Waals surface area (Å²) in [5.41, 5.74) is -0.451. The Morgan fingerprint density at radius 3 is 2.12 bits per heavy atom. The first-order valence-electron chi connectivity index (χ1n) is 7.15. The van der Waals surface area contributed by atoms with Gasteiger partial charge in [0.2, 0.25) is 0 Å². The molecule has 3 aromatic rings. The highest BCUT2D eigenvalue weighted by Crippen LogP contribution is 2.21. The summed E-state index contributed by atoms with van der Waals surface area (Å²) in [6, 6.07) is 11.7. The molecule has 8 heteroatoms. The van der Waals surface area contributed by atoms with Gasteiger partial charge in [0.1, 0.15) is 23.1 Å². The molecule has 0 unspecified atom stereocenters. The molecule has 0 saturated carbocycles.